The summed E-state index contributed by atoms with van der Waals surface area (Å²) >= 11 is 0. The Morgan fingerprint density at radius 3 is 2.74 bits per heavy atom. The Kier molecular flexibility index (Phi) is 5.02. The van der Waals surface area contributed by atoms with Crippen molar-refractivity contribution in [3.8, 4) is 0 Å². The monoisotopic (exact) mass is 360 g/mol. The van der Waals surface area contributed by atoms with Crippen LogP contribution in [0.15, 0.2) is 48.7 Å². The molecule has 1 N–H and O–H groups in total. The van der Waals surface area contributed by atoms with Crippen LogP contribution in [0.1, 0.15) is 54.0 Å². The number of nitrogens with one attached hydrogen (secondary N) is 1. The number of hydrogen-bond acceptors (Lipinski definition) is 1. The fourth-order valence-electron chi connectivity index (χ4n) is 4.53. The zero-order valence-electron chi connectivity index (χ0n) is 16.3. The van der Waals surface area contributed by atoms with E-state index in [1.807, 2.05) is 6.07 Å². The average molecular weight is 361 g/mol. The van der Waals surface area contributed by atoms with Gasteiger partial charge in [-0.2, -0.15) is 0 Å². The number of fused-ring (bicyclic) bond motifs is 1. The van der Waals surface area contributed by atoms with E-state index in [0.29, 0.717) is 12.3 Å². The molecule has 140 valence electrons. The number of H-pyrrole nitrogens is 1. The molecule has 3 aromatic rings. The number of hydrogen-bond donors (Lipinski definition) is 1. The second-order valence-corrected chi connectivity index (χ2v) is 7.88. The molecule has 0 spiro atoms. The van der Waals surface area contributed by atoms with E-state index in [1.54, 1.807) is 0 Å². The lowest BCUT2D eigenvalue weighted by Crippen LogP contribution is -2.30. The Balaban J connectivity index is 1.40. The van der Waals surface area contributed by atoms with E-state index in [9.17, 15) is 4.79 Å². The predicted octanol–water partition coefficient (Wildman–Crippen LogP) is 5.47. The van der Waals surface area contributed by atoms with E-state index in [4.69, 9.17) is 0 Å². The topological polar surface area (TPSA) is 36.1 Å². The summed E-state index contributed by atoms with van der Waals surface area (Å²) in [6, 6.07) is 15.3. The van der Waals surface area contributed by atoms with Crippen LogP contribution in [-0.2, 0) is 11.2 Å². The largest absolute Gasteiger partial charge is 0.361 e. The SMILES string of the molecule is Cc1cc(C)cc(C2CCCN2C(=O)CCCc2c[nH]c3ccccc23)c1. The summed E-state index contributed by atoms with van der Waals surface area (Å²) in [5.41, 5.74) is 6.35. The van der Waals surface area contributed by atoms with Crippen LogP contribution in [0.5, 0.6) is 0 Å². The summed E-state index contributed by atoms with van der Waals surface area (Å²) in [6.45, 7) is 5.17. The molecule has 1 aliphatic rings. The molecule has 1 aliphatic heterocycles. The van der Waals surface area contributed by atoms with Crippen LogP contribution in [0.4, 0.5) is 0 Å². The highest BCUT2D eigenvalue weighted by Gasteiger charge is 2.29. The van der Waals surface area contributed by atoms with E-state index >= 15 is 0 Å². The van der Waals surface area contributed by atoms with E-state index < -0.39 is 0 Å². The summed E-state index contributed by atoms with van der Waals surface area (Å²) in [7, 11) is 0. The van der Waals surface area contributed by atoms with Crippen molar-refractivity contribution >= 4 is 16.8 Å². The van der Waals surface area contributed by atoms with Crippen molar-refractivity contribution < 1.29 is 4.79 Å². The van der Waals surface area contributed by atoms with Gasteiger partial charge in [-0.3, -0.25) is 4.79 Å². The number of carbonyl (C=O) groups is 1. The molecule has 0 saturated carbocycles. The first-order chi connectivity index (χ1) is 13.1. The predicted molar refractivity (Wildman–Crippen MR) is 111 cm³/mol. The lowest BCUT2D eigenvalue weighted by atomic mass is 9.99. The van der Waals surface area contributed by atoms with Crippen LogP contribution in [0.2, 0.25) is 0 Å². The number of nitrogens with zero attached hydrogens (tertiary/aromatic N) is 1. The maximum atomic E-state index is 12.9. The van der Waals surface area contributed by atoms with Crippen molar-refractivity contribution in [2.75, 3.05) is 6.54 Å². The molecule has 2 heterocycles. The summed E-state index contributed by atoms with van der Waals surface area (Å²) in [5.74, 6) is 0.302. The van der Waals surface area contributed by atoms with Crippen LogP contribution in [-0.4, -0.2) is 22.3 Å². The van der Waals surface area contributed by atoms with E-state index in [1.165, 1.54) is 33.2 Å². The number of aryl methyl sites for hydroxylation is 3. The number of amides is 1. The first-order valence-electron chi connectivity index (χ1n) is 10.0. The summed E-state index contributed by atoms with van der Waals surface area (Å²) in [5, 5.41) is 1.28. The molecule has 4 rings (SSSR count). The number of likely N-dealkylation sites (tertiary alicyclic amines) is 1. The standard InChI is InChI=1S/C24H28N2O/c1-17-13-18(2)15-20(14-17)23-10-6-12-26(23)24(27)11-5-7-19-16-25-22-9-4-3-8-21(19)22/h3-4,8-9,13-16,23,25H,5-7,10-12H2,1-2H3. The lowest BCUT2D eigenvalue weighted by Gasteiger charge is -2.26. The Labute approximate surface area is 161 Å². The Morgan fingerprint density at radius 1 is 1.15 bits per heavy atom. The summed E-state index contributed by atoms with van der Waals surface area (Å²) < 4.78 is 0. The molecule has 0 radical (unpaired) electrons. The second kappa shape index (κ2) is 7.59. The molecule has 1 unspecified atom stereocenters. The maximum absolute atomic E-state index is 12.9. The Morgan fingerprint density at radius 2 is 1.93 bits per heavy atom. The highest BCUT2D eigenvalue weighted by Crippen LogP contribution is 2.33. The number of rotatable bonds is 5. The first kappa shape index (κ1) is 17.8. The van der Waals surface area contributed by atoms with Gasteiger partial charge in [0.25, 0.3) is 0 Å². The van der Waals surface area contributed by atoms with Gasteiger partial charge in [-0.15, -0.1) is 0 Å². The molecule has 0 aliphatic carbocycles. The minimum Gasteiger partial charge on any atom is -0.361 e. The number of para-hydroxylation sites is 1. The molecule has 1 aromatic heterocycles. The van der Waals surface area contributed by atoms with Gasteiger partial charge < -0.3 is 9.88 Å². The summed E-state index contributed by atoms with van der Waals surface area (Å²) in [6.07, 6.45) is 6.74. The minimum absolute atomic E-state index is 0.254. The number of benzene rings is 2. The summed E-state index contributed by atoms with van der Waals surface area (Å²) in [4.78, 5) is 18.3. The van der Waals surface area contributed by atoms with Gasteiger partial charge in [0.1, 0.15) is 0 Å². The van der Waals surface area contributed by atoms with Gasteiger partial charge in [0.15, 0.2) is 0 Å². The fraction of sp³-hybridized carbons (Fsp3) is 0.375. The van der Waals surface area contributed by atoms with Crippen LogP contribution < -0.4 is 0 Å². The number of carbonyl (C=O) groups excluding carboxylic acids is 1. The third kappa shape index (κ3) is 3.78. The molecule has 3 heteroatoms. The molecular formula is C24H28N2O. The normalized spacial score (nSPS) is 17.0. The lowest BCUT2D eigenvalue weighted by molar-refractivity contribution is -0.132. The van der Waals surface area contributed by atoms with Crippen molar-refractivity contribution in [3.63, 3.8) is 0 Å². The highest BCUT2D eigenvalue weighted by atomic mass is 16.2. The van der Waals surface area contributed by atoms with Crippen molar-refractivity contribution in [3.05, 3.63) is 70.9 Å². The Hall–Kier alpha value is -2.55. The maximum Gasteiger partial charge on any atom is 0.223 e. The van der Waals surface area contributed by atoms with Crippen molar-refractivity contribution in [2.24, 2.45) is 0 Å². The zero-order chi connectivity index (χ0) is 18.8. The van der Waals surface area contributed by atoms with Gasteiger partial charge in [-0.25, -0.2) is 0 Å². The van der Waals surface area contributed by atoms with E-state index in [-0.39, 0.29) is 6.04 Å². The third-order valence-corrected chi connectivity index (χ3v) is 5.71. The molecule has 3 nitrogen and oxygen atoms in total. The molecule has 1 fully saturated rings. The van der Waals surface area contributed by atoms with E-state index in [2.05, 4.69) is 66.3 Å². The smallest absolute Gasteiger partial charge is 0.223 e. The van der Waals surface area contributed by atoms with Crippen molar-refractivity contribution in [1.82, 2.24) is 9.88 Å². The van der Waals surface area contributed by atoms with Crippen LogP contribution >= 0.6 is 0 Å². The molecule has 0 bridgehead atoms. The molecule has 27 heavy (non-hydrogen) atoms. The van der Waals surface area contributed by atoms with Gasteiger partial charge in [-0.1, -0.05) is 47.5 Å². The van der Waals surface area contributed by atoms with Gasteiger partial charge in [0, 0.05) is 30.1 Å². The van der Waals surface area contributed by atoms with Gasteiger partial charge in [-0.05, 0) is 56.7 Å². The minimum atomic E-state index is 0.254. The van der Waals surface area contributed by atoms with Crippen LogP contribution in [0.3, 0.4) is 0 Å². The second-order valence-electron chi connectivity index (χ2n) is 7.88. The highest BCUT2D eigenvalue weighted by molar-refractivity contribution is 5.83. The van der Waals surface area contributed by atoms with Gasteiger partial charge in [0.2, 0.25) is 5.91 Å². The fourth-order valence-corrected chi connectivity index (χ4v) is 4.53. The van der Waals surface area contributed by atoms with E-state index in [0.717, 1.165) is 32.2 Å². The molecule has 2 aromatic carbocycles. The molecule has 1 saturated heterocycles. The van der Waals surface area contributed by atoms with Crippen LogP contribution in [0.25, 0.3) is 10.9 Å². The molecule has 1 amide bonds. The van der Waals surface area contributed by atoms with Crippen molar-refractivity contribution in [2.45, 2.75) is 52.0 Å². The quantitative estimate of drug-likeness (QED) is 0.643. The van der Waals surface area contributed by atoms with Crippen LogP contribution in [0, 0.1) is 13.8 Å². The van der Waals surface area contributed by atoms with Gasteiger partial charge >= 0.3 is 0 Å². The van der Waals surface area contributed by atoms with Crippen molar-refractivity contribution in [1.29, 1.82) is 0 Å². The zero-order valence-corrected chi connectivity index (χ0v) is 16.3. The molecule has 1 atom stereocenters. The molecular weight excluding hydrogens is 332 g/mol. The third-order valence-electron chi connectivity index (χ3n) is 5.71. The van der Waals surface area contributed by atoms with Gasteiger partial charge in [0.05, 0.1) is 6.04 Å². The number of aromatic nitrogens is 1. The number of aromatic amines is 1. The first-order valence-corrected chi connectivity index (χ1v) is 10.0. The average Bonchev–Trinajstić information content (AvgIpc) is 3.28. The Bertz CT molecular complexity index is 936.